The van der Waals surface area contributed by atoms with Gasteiger partial charge in [-0.15, -0.1) is 11.3 Å². The van der Waals surface area contributed by atoms with Gasteiger partial charge in [-0.3, -0.25) is 4.79 Å². The van der Waals surface area contributed by atoms with Gasteiger partial charge in [0.1, 0.15) is 5.01 Å². The second-order valence-electron chi connectivity index (χ2n) is 4.83. The normalized spacial score (nSPS) is 10.5. The van der Waals surface area contributed by atoms with Crippen molar-refractivity contribution in [3.05, 3.63) is 53.0 Å². The topological polar surface area (TPSA) is 60.5 Å². The lowest BCUT2D eigenvalue weighted by molar-refractivity contribution is 0.0950. The van der Waals surface area contributed by atoms with E-state index in [4.69, 9.17) is 9.47 Å². The molecule has 0 spiro atoms. The number of thiazole rings is 1. The van der Waals surface area contributed by atoms with Crippen molar-refractivity contribution < 1.29 is 14.3 Å². The summed E-state index contributed by atoms with van der Waals surface area (Å²) in [7, 11) is 3.10. The monoisotopic (exact) mass is 328 g/mol. The number of methoxy groups -OCH3 is 2. The highest BCUT2D eigenvalue weighted by molar-refractivity contribution is 7.18. The van der Waals surface area contributed by atoms with Crippen molar-refractivity contribution in [2.75, 3.05) is 14.2 Å². The molecule has 0 aliphatic rings. The number of hydrogen-bond acceptors (Lipinski definition) is 5. The standard InChI is InChI=1S/C17H16N2O3S/c1-21-13-8-7-11(9-14(13)22-2)17(20)18-10-16-19-12-5-3-4-6-15(12)23-16/h3-9H,10H2,1-2H3,(H,18,20). The largest absolute Gasteiger partial charge is 0.493 e. The van der Waals surface area contributed by atoms with E-state index in [1.807, 2.05) is 24.3 Å². The van der Waals surface area contributed by atoms with E-state index in [2.05, 4.69) is 10.3 Å². The van der Waals surface area contributed by atoms with Crippen molar-refractivity contribution in [2.24, 2.45) is 0 Å². The highest BCUT2D eigenvalue weighted by atomic mass is 32.1. The Hall–Kier alpha value is -2.60. The Balaban J connectivity index is 1.71. The number of rotatable bonds is 5. The van der Waals surface area contributed by atoms with E-state index in [1.54, 1.807) is 43.8 Å². The molecule has 3 rings (SSSR count). The molecule has 0 radical (unpaired) electrons. The molecule has 0 aliphatic heterocycles. The van der Waals surface area contributed by atoms with E-state index in [1.165, 1.54) is 0 Å². The van der Waals surface area contributed by atoms with Crippen LogP contribution in [0.4, 0.5) is 0 Å². The van der Waals surface area contributed by atoms with Gasteiger partial charge in [0.25, 0.3) is 5.91 Å². The zero-order valence-corrected chi connectivity index (χ0v) is 13.6. The third-order valence-electron chi connectivity index (χ3n) is 3.38. The summed E-state index contributed by atoms with van der Waals surface area (Å²) in [6, 6.07) is 13.0. The fourth-order valence-corrected chi connectivity index (χ4v) is 3.14. The van der Waals surface area contributed by atoms with Gasteiger partial charge in [-0.05, 0) is 30.3 Å². The minimum absolute atomic E-state index is 0.176. The first-order chi connectivity index (χ1) is 11.2. The second-order valence-corrected chi connectivity index (χ2v) is 5.94. The minimum Gasteiger partial charge on any atom is -0.493 e. The molecular formula is C17H16N2O3S. The molecule has 23 heavy (non-hydrogen) atoms. The number of aromatic nitrogens is 1. The Morgan fingerprint density at radius 2 is 1.91 bits per heavy atom. The lowest BCUT2D eigenvalue weighted by atomic mass is 10.2. The Kier molecular flexibility index (Phi) is 4.43. The number of benzene rings is 2. The van der Waals surface area contributed by atoms with Gasteiger partial charge < -0.3 is 14.8 Å². The van der Waals surface area contributed by atoms with Gasteiger partial charge in [0.15, 0.2) is 11.5 Å². The molecule has 0 unspecified atom stereocenters. The van der Waals surface area contributed by atoms with Crippen LogP contribution in [0.25, 0.3) is 10.2 Å². The van der Waals surface area contributed by atoms with Crippen LogP contribution < -0.4 is 14.8 Å². The summed E-state index contributed by atoms with van der Waals surface area (Å²) in [6.45, 7) is 0.395. The molecule has 1 heterocycles. The van der Waals surface area contributed by atoms with Crippen LogP contribution >= 0.6 is 11.3 Å². The zero-order valence-electron chi connectivity index (χ0n) is 12.8. The molecule has 0 saturated carbocycles. The molecule has 6 heteroatoms. The number of carbonyl (C=O) groups excluding carboxylic acids is 1. The lowest BCUT2D eigenvalue weighted by Gasteiger charge is -2.09. The third-order valence-corrected chi connectivity index (χ3v) is 4.42. The summed E-state index contributed by atoms with van der Waals surface area (Å²) in [5, 5.41) is 3.75. The average molecular weight is 328 g/mol. The number of hydrogen-bond donors (Lipinski definition) is 1. The predicted octanol–water partition coefficient (Wildman–Crippen LogP) is 3.24. The van der Waals surface area contributed by atoms with E-state index < -0.39 is 0 Å². The van der Waals surface area contributed by atoms with Crippen LogP contribution in [0.5, 0.6) is 11.5 Å². The van der Waals surface area contributed by atoms with Crippen LogP contribution in [0.2, 0.25) is 0 Å². The van der Waals surface area contributed by atoms with Crippen molar-refractivity contribution in [1.29, 1.82) is 0 Å². The van der Waals surface area contributed by atoms with Crippen molar-refractivity contribution in [3.63, 3.8) is 0 Å². The molecule has 118 valence electrons. The van der Waals surface area contributed by atoms with Crippen molar-refractivity contribution >= 4 is 27.5 Å². The molecule has 5 nitrogen and oxygen atoms in total. The molecule has 0 saturated heterocycles. The SMILES string of the molecule is COc1ccc(C(=O)NCc2nc3ccccc3s2)cc1OC. The van der Waals surface area contributed by atoms with E-state index in [9.17, 15) is 4.79 Å². The average Bonchev–Trinajstić information content (AvgIpc) is 3.01. The molecule has 0 aliphatic carbocycles. The fourth-order valence-electron chi connectivity index (χ4n) is 2.23. The van der Waals surface area contributed by atoms with Crippen molar-refractivity contribution in [1.82, 2.24) is 10.3 Å². The number of amides is 1. The summed E-state index contributed by atoms with van der Waals surface area (Å²) >= 11 is 1.58. The molecule has 2 aromatic carbocycles. The van der Waals surface area contributed by atoms with Gasteiger partial charge in [0, 0.05) is 5.56 Å². The van der Waals surface area contributed by atoms with Crippen molar-refractivity contribution in [3.8, 4) is 11.5 Å². The first-order valence-electron chi connectivity index (χ1n) is 7.06. The molecule has 1 aromatic heterocycles. The van der Waals surface area contributed by atoms with Crippen LogP contribution in [-0.2, 0) is 6.54 Å². The molecule has 3 aromatic rings. The summed E-state index contributed by atoms with van der Waals surface area (Å²) in [5.41, 5.74) is 1.47. The number of nitrogens with one attached hydrogen (secondary N) is 1. The quantitative estimate of drug-likeness (QED) is 0.781. The zero-order chi connectivity index (χ0) is 16.2. The summed E-state index contributed by atoms with van der Waals surface area (Å²) in [6.07, 6.45) is 0. The first-order valence-corrected chi connectivity index (χ1v) is 7.87. The van der Waals surface area contributed by atoms with Gasteiger partial charge in [-0.25, -0.2) is 4.98 Å². The molecule has 1 N–H and O–H groups in total. The summed E-state index contributed by atoms with van der Waals surface area (Å²) < 4.78 is 11.5. The van der Waals surface area contributed by atoms with E-state index in [0.29, 0.717) is 23.6 Å². The molecule has 0 bridgehead atoms. The molecule has 1 amide bonds. The maximum atomic E-state index is 12.3. The minimum atomic E-state index is -0.176. The fraction of sp³-hybridized carbons (Fsp3) is 0.176. The van der Waals surface area contributed by atoms with E-state index >= 15 is 0 Å². The lowest BCUT2D eigenvalue weighted by Crippen LogP contribution is -2.22. The molecular weight excluding hydrogens is 312 g/mol. The van der Waals surface area contributed by atoms with Crippen LogP contribution in [0.15, 0.2) is 42.5 Å². The maximum Gasteiger partial charge on any atom is 0.251 e. The second kappa shape index (κ2) is 6.66. The van der Waals surface area contributed by atoms with Gasteiger partial charge in [0.05, 0.1) is 31.0 Å². The number of para-hydroxylation sites is 1. The van der Waals surface area contributed by atoms with E-state index in [0.717, 1.165) is 15.2 Å². The van der Waals surface area contributed by atoms with Gasteiger partial charge in [-0.2, -0.15) is 0 Å². The number of carbonyl (C=O) groups is 1. The number of fused-ring (bicyclic) bond motifs is 1. The van der Waals surface area contributed by atoms with Gasteiger partial charge in [0.2, 0.25) is 0 Å². The Bertz CT molecular complexity index is 812. The smallest absolute Gasteiger partial charge is 0.251 e. The predicted molar refractivity (Wildman–Crippen MR) is 90.3 cm³/mol. The van der Waals surface area contributed by atoms with Crippen molar-refractivity contribution in [2.45, 2.75) is 6.54 Å². The van der Waals surface area contributed by atoms with Crippen LogP contribution in [0.3, 0.4) is 0 Å². The Morgan fingerprint density at radius 3 is 2.65 bits per heavy atom. The third kappa shape index (κ3) is 3.27. The Labute approximate surface area is 137 Å². The van der Waals surface area contributed by atoms with Crippen LogP contribution in [-0.4, -0.2) is 25.1 Å². The molecule has 0 atom stereocenters. The van der Waals surface area contributed by atoms with Crippen LogP contribution in [0.1, 0.15) is 15.4 Å². The Morgan fingerprint density at radius 1 is 1.13 bits per heavy atom. The number of ether oxygens (including phenoxy) is 2. The molecule has 0 fully saturated rings. The summed E-state index contributed by atoms with van der Waals surface area (Å²) in [4.78, 5) is 16.8. The highest BCUT2D eigenvalue weighted by Crippen LogP contribution is 2.27. The number of nitrogens with zero attached hydrogens (tertiary/aromatic N) is 1. The van der Waals surface area contributed by atoms with Gasteiger partial charge >= 0.3 is 0 Å². The summed E-state index contributed by atoms with van der Waals surface area (Å²) in [5.74, 6) is 0.945. The highest BCUT2D eigenvalue weighted by Gasteiger charge is 2.11. The van der Waals surface area contributed by atoms with E-state index in [-0.39, 0.29) is 5.91 Å². The maximum absolute atomic E-state index is 12.3. The van der Waals surface area contributed by atoms with Gasteiger partial charge in [-0.1, -0.05) is 12.1 Å². The first kappa shape index (κ1) is 15.3. The van der Waals surface area contributed by atoms with Crippen LogP contribution in [0, 0.1) is 0 Å².